The smallest absolute Gasteiger partial charge is 0.336 e. The van der Waals surface area contributed by atoms with Crippen LogP contribution in [0.5, 0.6) is 5.75 Å². The number of hydrogen-bond donors (Lipinski definition) is 0. The van der Waals surface area contributed by atoms with Crippen molar-refractivity contribution in [3.8, 4) is 5.75 Å². The molecule has 0 amide bonds. The summed E-state index contributed by atoms with van der Waals surface area (Å²) in [5.41, 5.74) is 0.0264. The third-order valence-electron chi connectivity index (χ3n) is 5.81. The van der Waals surface area contributed by atoms with Crippen molar-refractivity contribution in [3.05, 3.63) is 40.8 Å². The highest BCUT2D eigenvalue weighted by Gasteiger charge is 2.07. The van der Waals surface area contributed by atoms with Gasteiger partial charge in [-0.1, -0.05) is 96.8 Å². The molecule has 1 aromatic heterocycles. The van der Waals surface area contributed by atoms with Crippen molar-refractivity contribution < 1.29 is 13.9 Å². The van der Waals surface area contributed by atoms with Crippen molar-refractivity contribution in [2.45, 2.75) is 110 Å². The maximum atomic E-state index is 12.0. The molecule has 4 nitrogen and oxygen atoms in total. The van der Waals surface area contributed by atoms with Crippen LogP contribution in [0.3, 0.4) is 0 Å². The van der Waals surface area contributed by atoms with Gasteiger partial charge in [0.05, 0.1) is 0 Å². The number of benzene rings is 1. The van der Waals surface area contributed by atoms with Crippen molar-refractivity contribution in [2.24, 2.45) is 0 Å². The molecule has 0 aliphatic rings. The summed E-state index contributed by atoms with van der Waals surface area (Å²) in [6.07, 6.45) is 20.0. The summed E-state index contributed by atoms with van der Waals surface area (Å²) >= 11 is 0. The van der Waals surface area contributed by atoms with Crippen LogP contribution in [-0.4, -0.2) is 5.97 Å². The molecule has 0 saturated carbocycles. The van der Waals surface area contributed by atoms with Crippen LogP contribution in [0.15, 0.2) is 39.5 Å². The summed E-state index contributed by atoms with van der Waals surface area (Å²) < 4.78 is 10.5. The molecule has 0 aliphatic heterocycles. The van der Waals surface area contributed by atoms with Crippen LogP contribution < -0.4 is 10.4 Å². The Hall–Kier alpha value is -2.10. The molecule has 1 aromatic carbocycles. The van der Waals surface area contributed by atoms with E-state index in [4.69, 9.17) is 9.15 Å². The first-order chi connectivity index (χ1) is 15.2. The summed E-state index contributed by atoms with van der Waals surface area (Å²) in [7, 11) is 0. The lowest BCUT2D eigenvalue weighted by molar-refractivity contribution is -0.134. The number of fused-ring (bicyclic) bond motifs is 1. The van der Waals surface area contributed by atoms with Gasteiger partial charge in [0.1, 0.15) is 11.3 Å². The Balaban J connectivity index is 1.43. The zero-order chi connectivity index (χ0) is 22.2. The van der Waals surface area contributed by atoms with E-state index in [0.717, 1.165) is 18.2 Å². The van der Waals surface area contributed by atoms with E-state index in [2.05, 4.69) is 6.92 Å². The predicted molar refractivity (Wildman–Crippen MR) is 128 cm³/mol. The zero-order valence-corrected chi connectivity index (χ0v) is 19.3. The molecule has 0 saturated heterocycles. The Morgan fingerprint density at radius 3 is 1.84 bits per heavy atom. The van der Waals surface area contributed by atoms with E-state index in [1.165, 1.54) is 89.5 Å². The molecular weight excluding hydrogens is 388 g/mol. The molecule has 0 spiro atoms. The highest BCUT2D eigenvalue weighted by molar-refractivity contribution is 5.79. The average molecular weight is 429 g/mol. The lowest BCUT2D eigenvalue weighted by Crippen LogP contribution is -2.07. The predicted octanol–water partition coefficient (Wildman–Crippen LogP) is 7.96. The van der Waals surface area contributed by atoms with Gasteiger partial charge in [0, 0.05) is 23.9 Å². The van der Waals surface area contributed by atoms with Crippen LogP contribution in [0.2, 0.25) is 0 Å². The third kappa shape index (κ3) is 11.2. The zero-order valence-electron chi connectivity index (χ0n) is 19.3. The number of ether oxygens (including phenoxy) is 1. The standard InChI is InChI=1S/C27H40O4/c1-2-3-4-5-6-7-8-9-10-11-12-13-14-15-16-17-26(28)30-24-20-18-23-19-21-27(29)31-25(23)22-24/h18-22H,2-17H2,1H3. The fourth-order valence-electron chi connectivity index (χ4n) is 3.93. The molecular formula is C27H40O4. The van der Waals surface area contributed by atoms with Crippen molar-refractivity contribution in [3.63, 3.8) is 0 Å². The molecule has 0 N–H and O–H groups in total. The third-order valence-corrected chi connectivity index (χ3v) is 5.81. The second-order valence-corrected chi connectivity index (χ2v) is 8.63. The minimum absolute atomic E-state index is 0.229. The quantitative estimate of drug-likeness (QED) is 0.111. The first-order valence-corrected chi connectivity index (χ1v) is 12.4. The molecule has 0 bridgehead atoms. The van der Waals surface area contributed by atoms with Crippen LogP contribution in [0, 0.1) is 0 Å². The van der Waals surface area contributed by atoms with Gasteiger partial charge in [-0.05, 0) is 24.6 Å². The molecule has 0 fully saturated rings. The van der Waals surface area contributed by atoms with Gasteiger partial charge in [0.25, 0.3) is 0 Å². The van der Waals surface area contributed by atoms with Gasteiger partial charge in [0.2, 0.25) is 0 Å². The van der Waals surface area contributed by atoms with Gasteiger partial charge in [-0.3, -0.25) is 4.79 Å². The molecule has 0 aliphatic carbocycles. The number of unbranched alkanes of at least 4 members (excludes halogenated alkanes) is 14. The maximum Gasteiger partial charge on any atom is 0.336 e. The van der Waals surface area contributed by atoms with Gasteiger partial charge in [-0.15, -0.1) is 0 Å². The van der Waals surface area contributed by atoms with Crippen molar-refractivity contribution in [1.82, 2.24) is 0 Å². The van der Waals surface area contributed by atoms with E-state index in [1.54, 1.807) is 24.3 Å². The van der Waals surface area contributed by atoms with Gasteiger partial charge in [-0.25, -0.2) is 4.79 Å². The van der Waals surface area contributed by atoms with Crippen molar-refractivity contribution in [2.75, 3.05) is 0 Å². The highest BCUT2D eigenvalue weighted by atomic mass is 16.5. The second-order valence-electron chi connectivity index (χ2n) is 8.63. The summed E-state index contributed by atoms with van der Waals surface area (Å²) in [5, 5.41) is 0.807. The first-order valence-electron chi connectivity index (χ1n) is 12.4. The second kappa shape index (κ2) is 15.7. The molecule has 31 heavy (non-hydrogen) atoms. The Morgan fingerprint density at radius 2 is 1.26 bits per heavy atom. The van der Waals surface area contributed by atoms with Crippen LogP contribution in [0.4, 0.5) is 0 Å². The van der Waals surface area contributed by atoms with Crippen molar-refractivity contribution in [1.29, 1.82) is 0 Å². The van der Waals surface area contributed by atoms with Gasteiger partial charge >= 0.3 is 11.6 Å². The van der Waals surface area contributed by atoms with Gasteiger partial charge < -0.3 is 9.15 Å². The fraction of sp³-hybridized carbons (Fsp3) is 0.630. The minimum atomic E-state index is -0.409. The summed E-state index contributed by atoms with van der Waals surface area (Å²) in [6, 6.07) is 8.19. The Bertz CT molecular complexity index is 808. The van der Waals surface area contributed by atoms with Crippen LogP contribution in [0.1, 0.15) is 110 Å². The van der Waals surface area contributed by atoms with E-state index >= 15 is 0 Å². The van der Waals surface area contributed by atoms with Gasteiger partial charge in [0.15, 0.2) is 0 Å². The minimum Gasteiger partial charge on any atom is -0.426 e. The Kier molecular flexibility index (Phi) is 12.7. The molecule has 2 aromatic rings. The summed E-state index contributed by atoms with van der Waals surface area (Å²) in [6.45, 7) is 2.27. The molecule has 4 heteroatoms. The first kappa shape index (κ1) is 25.2. The van der Waals surface area contributed by atoms with Crippen LogP contribution in [-0.2, 0) is 4.79 Å². The largest absolute Gasteiger partial charge is 0.426 e. The Labute approximate surface area is 187 Å². The average Bonchev–Trinajstić information content (AvgIpc) is 2.76. The molecule has 1 heterocycles. The number of carbonyl (C=O) groups excluding carboxylic acids is 1. The Morgan fingerprint density at radius 1 is 0.742 bits per heavy atom. The monoisotopic (exact) mass is 428 g/mol. The highest BCUT2D eigenvalue weighted by Crippen LogP contribution is 2.20. The SMILES string of the molecule is CCCCCCCCCCCCCCCCCC(=O)Oc1ccc2ccc(=O)oc2c1. The molecule has 0 unspecified atom stereocenters. The summed E-state index contributed by atoms with van der Waals surface area (Å²) in [4.78, 5) is 23.3. The van der Waals surface area contributed by atoms with Crippen molar-refractivity contribution >= 4 is 16.9 Å². The number of carbonyl (C=O) groups is 1. The topological polar surface area (TPSA) is 56.5 Å². The number of esters is 1. The molecule has 0 atom stereocenters. The molecule has 172 valence electrons. The summed E-state index contributed by atoms with van der Waals surface area (Å²) in [5.74, 6) is 0.195. The molecule has 0 radical (unpaired) electrons. The van der Waals surface area contributed by atoms with E-state index in [0.29, 0.717) is 17.8 Å². The lowest BCUT2D eigenvalue weighted by atomic mass is 10.0. The number of rotatable bonds is 17. The van der Waals surface area contributed by atoms with E-state index in [1.807, 2.05) is 0 Å². The lowest BCUT2D eigenvalue weighted by Gasteiger charge is -2.05. The normalized spacial score (nSPS) is 11.1. The fourth-order valence-corrected chi connectivity index (χ4v) is 3.93. The number of hydrogen-bond acceptors (Lipinski definition) is 4. The van der Waals surface area contributed by atoms with Crippen LogP contribution in [0.25, 0.3) is 11.0 Å². The maximum absolute atomic E-state index is 12.0. The molecule has 2 rings (SSSR count). The van der Waals surface area contributed by atoms with Gasteiger partial charge in [-0.2, -0.15) is 0 Å². The van der Waals surface area contributed by atoms with Crippen LogP contribution >= 0.6 is 0 Å². The van der Waals surface area contributed by atoms with E-state index in [-0.39, 0.29) is 5.97 Å². The van der Waals surface area contributed by atoms with E-state index in [9.17, 15) is 9.59 Å². The van der Waals surface area contributed by atoms with E-state index < -0.39 is 5.63 Å².